The van der Waals surface area contributed by atoms with Gasteiger partial charge in [-0.1, -0.05) is 0 Å². The zero-order valence-electron chi connectivity index (χ0n) is 16.9. The number of fused-ring (bicyclic) bond motifs is 1. The van der Waals surface area contributed by atoms with Crippen LogP contribution in [0.2, 0.25) is 0 Å². The number of ether oxygens (including phenoxy) is 2. The normalized spacial score (nSPS) is 16.8. The Labute approximate surface area is 159 Å². The van der Waals surface area contributed by atoms with E-state index in [-0.39, 0.29) is 6.54 Å². The number of amides is 2. The lowest BCUT2D eigenvalue weighted by Gasteiger charge is -2.27. The lowest BCUT2D eigenvalue weighted by atomic mass is 10.2. The zero-order chi connectivity index (χ0) is 20.6. The van der Waals surface area contributed by atoms with Crippen LogP contribution in [0.1, 0.15) is 47.1 Å². The van der Waals surface area contributed by atoms with Gasteiger partial charge in [0.25, 0.3) is 0 Å². The van der Waals surface area contributed by atoms with Gasteiger partial charge >= 0.3 is 12.2 Å². The van der Waals surface area contributed by atoms with Gasteiger partial charge in [-0.05, 0) is 53.2 Å². The molecule has 1 aliphatic heterocycles. The number of alkyl carbamates (subject to hydrolysis) is 1. The number of aromatic nitrogens is 1. The molecular formula is C18H28N4O5. The topological polar surface area (TPSA) is 104 Å². The van der Waals surface area contributed by atoms with Crippen LogP contribution in [0.25, 0.3) is 0 Å². The maximum absolute atomic E-state index is 12.5. The van der Waals surface area contributed by atoms with E-state index in [1.54, 1.807) is 60.9 Å². The van der Waals surface area contributed by atoms with Gasteiger partial charge in [-0.2, -0.15) is 0 Å². The number of pyridine rings is 1. The molecule has 150 valence electrons. The highest BCUT2D eigenvalue weighted by Gasteiger charge is 2.40. The first-order valence-corrected chi connectivity index (χ1v) is 8.67. The van der Waals surface area contributed by atoms with Gasteiger partial charge in [-0.15, -0.1) is 0 Å². The summed E-state index contributed by atoms with van der Waals surface area (Å²) < 4.78 is 10.6. The van der Waals surface area contributed by atoms with Gasteiger partial charge in [0.2, 0.25) is 6.35 Å². The predicted octanol–water partition coefficient (Wildman–Crippen LogP) is 2.57. The van der Waals surface area contributed by atoms with E-state index in [4.69, 9.17) is 9.47 Å². The second kappa shape index (κ2) is 7.22. The van der Waals surface area contributed by atoms with Crippen LogP contribution in [-0.2, 0) is 16.0 Å². The highest BCUT2D eigenvalue weighted by molar-refractivity contribution is 5.95. The first-order chi connectivity index (χ1) is 12.3. The first kappa shape index (κ1) is 20.8. The third kappa shape index (κ3) is 5.22. The number of aliphatic hydroxyl groups excluding tert-OH is 1. The molecule has 0 radical (unpaired) electrons. The third-order valence-corrected chi connectivity index (χ3v) is 3.50. The molecule has 2 rings (SSSR count). The van der Waals surface area contributed by atoms with E-state index < -0.39 is 29.7 Å². The quantitative estimate of drug-likeness (QED) is 0.812. The lowest BCUT2D eigenvalue weighted by molar-refractivity contribution is 0.0483. The average Bonchev–Trinajstić information content (AvgIpc) is 2.73. The number of aliphatic hydroxyl groups is 1. The van der Waals surface area contributed by atoms with Gasteiger partial charge < -0.3 is 24.8 Å². The Hall–Kier alpha value is -2.55. The lowest BCUT2D eigenvalue weighted by Crippen LogP contribution is -2.46. The van der Waals surface area contributed by atoms with E-state index in [1.807, 2.05) is 0 Å². The highest BCUT2D eigenvalue weighted by Crippen LogP contribution is 2.37. The third-order valence-electron chi connectivity index (χ3n) is 3.50. The summed E-state index contributed by atoms with van der Waals surface area (Å²) in [6.45, 7) is 10.7. The van der Waals surface area contributed by atoms with Crippen molar-refractivity contribution in [1.82, 2.24) is 10.3 Å². The summed E-state index contributed by atoms with van der Waals surface area (Å²) in [6.07, 6.45) is -0.891. The number of hydrogen-bond donors (Lipinski definition) is 2. The van der Waals surface area contributed by atoms with E-state index in [9.17, 15) is 14.7 Å². The first-order valence-electron chi connectivity index (χ1n) is 8.67. The van der Waals surface area contributed by atoms with Crippen molar-refractivity contribution in [2.24, 2.45) is 0 Å². The molecule has 2 heterocycles. The maximum atomic E-state index is 12.5. The molecule has 0 unspecified atom stereocenters. The van der Waals surface area contributed by atoms with Gasteiger partial charge in [-0.3, -0.25) is 0 Å². The van der Waals surface area contributed by atoms with Crippen LogP contribution >= 0.6 is 0 Å². The van der Waals surface area contributed by atoms with Crippen molar-refractivity contribution in [3.05, 3.63) is 17.8 Å². The Bertz CT molecular complexity index is 723. The molecular weight excluding hydrogens is 352 g/mol. The second-order valence-electron chi connectivity index (χ2n) is 8.35. The molecule has 0 bridgehead atoms. The molecule has 0 fully saturated rings. The molecule has 0 saturated carbocycles. The number of nitrogens with one attached hydrogen (secondary N) is 1. The van der Waals surface area contributed by atoms with Crippen LogP contribution in [0.15, 0.2) is 12.3 Å². The fourth-order valence-corrected chi connectivity index (χ4v) is 2.43. The van der Waals surface area contributed by atoms with E-state index in [1.165, 1.54) is 4.90 Å². The molecule has 1 aliphatic rings. The largest absolute Gasteiger partial charge is 0.444 e. The Morgan fingerprint density at radius 1 is 1.19 bits per heavy atom. The average molecular weight is 380 g/mol. The standard InChI is InChI=1S/C18H28N4O5/c1-17(2,3)26-14(23)20-10-11-8-12-13(19-9-11)21(7)15(24)22(12)16(25)27-18(4,5)6/h8-9,15,24H,10H2,1-7H3,(H,20,23)/t15-/m1/s1. The molecule has 0 spiro atoms. The second-order valence-corrected chi connectivity index (χ2v) is 8.35. The highest BCUT2D eigenvalue weighted by atomic mass is 16.6. The number of carbonyl (C=O) groups is 2. The summed E-state index contributed by atoms with van der Waals surface area (Å²) in [7, 11) is 1.62. The predicted molar refractivity (Wildman–Crippen MR) is 100 cm³/mol. The number of nitrogens with zero attached hydrogens (tertiary/aromatic N) is 3. The minimum absolute atomic E-state index is 0.164. The van der Waals surface area contributed by atoms with Crippen LogP contribution in [0.5, 0.6) is 0 Å². The van der Waals surface area contributed by atoms with E-state index in [0.717, 1.165) is 4.90 Å². The number of anilines is 2. The van der Waals surface area contributed by atoms with Gasteiger partial charge in [0.1, 0.15) is 11.2 Å². The zero-order valence-corrected chi connectivity index (χ0v) is 16.9. The minimum atomic E-state index is -1.23. The van der Waals surface area contributed by atoms with Gasteiger partial charge in [-0.25, -0.2) is 19.5 Å². The molecule has 9 heteroatoms. The molecule has 0 aromatic carbocycles. The Balaban J connectivity index is 2.18. The van der Waals surface area contributed by atoms with Crippen LogP contribution in [0.4, 0.5) is 21.1 Å². The van der Waals surface area contributed by atoms with Gasteiger partial charge in [0, 0.05) is 19.8 Å². The van der Waals surface area contributed by atoms with Crippen LogP contribution in [0, 0.1) is 0 Å². The van der Waals surface area contributed by atoms with Crippen molar-refractivity contribution in [2.75, 3.05) is 16.8 Å². The molecule has 9 nitrogen and oxygen atoms in total. The van der Waals surface area contributed by atoms with Crippen LogP contribution < -0.4 is 15.1 Å². The summed E-state index contributed by atoms with van der Waals surface area (Å²) in [5.41, 5.74) is -0.249. The van der Waals surface area contributed by atoms with Crippen molar-refractivity contribution < 1.29 is 24.2 Å². The van der Waals surface area contributed by atoms with Gasteiger partial charge in [0.05, 0.1) is 5.69 Å². The van der Waals surface area contributed by atoms with E-state index in [0.29, 0.717) is 17.1 Å². The summed E-state index contributed by atoms with van der Waals surface area (Å²) in [5.74, 6) is 0.439. The Kier molecular flexibility index (Phi) is 5.55. The van der Waals surface area contributed by atoms with Crippen molar-refractivity contribution in [3.8, 4) is 0 Å². The smallest absolute Gasteiger partial charge is 0.418 e. The summed E-state index contributed by atoms with van der Waals surface area (Å²) >= 11 is 0. The van der Waals surface area contributed by atoms with E-state index in [2.05, 4.69) is 10.3 Å². The maximum Gasteiger partial charge on any atom is 0.418 e. The van der Waals surface area contributed by atoms with Crippen LogP contribution in [-0.4, -0.2) is 46.9 Å². The minimum Gasteiger partial charge on any atom is -0.444 e. The molecule has 0 saturated heterocycles. The summed E-state index contributed by atoms with van der Waals surface area (Å²) in [4.78, 5) is 31.2. The molecule has 2 N–H and O–H groups in total. The molecule has 1 atom stereocenters. The van der Waals surface area contributed by atoms with Crippen molar-refractivity contribution in [2.45, 2.75) is 65.6 Å². The van der Waals surface area contributed by atoms with Crippen molar-refractivity contribution in [3.63, 3.8) is 0 Å². The number of rotatable bonds is 2. The van der Waals surface area contributed by atoms with E-state index >= 15 is 0 Å². The molecule has 27 heavy (non-hydrogen) atoms. The fraction of sp³-hybridized carbons (Fsp3) is 0.611. The number of hydrogen-bond acceptors (Lipinski definition) is 7. The molecule has 0 aliphatic carbocycles. The van der Waals surface area contributed by atoms with Crippen LogP contribution in [0.3, 0.4) is 0 Å². The summed E-state index contributed by atoms with van der Waals surface area (Å²) in [6, 6.07) is 1.68. The van der Waals surface area contributed by atoms with Crippen molar-refractivity contribution in [1.29, 1.82) is 0 Å². The Morgan fingerprint density at radius 3 is 2.33 bits per heavy atom. The molecule has 2 amide bonds. The fourth-order valence-electron chi connectivity index (χ4n) is 2.43. The monoisotopic (exact) mass is 380 g/mol. The number of carbonyl (C=O) groups excluding carboxylic acids is 2. The summed E-state index contributed by atoms with van der Waals surface area (Å²) in [5, 5.41) is 13.0. The molecule has 1 aromatic heterocycles. The van der Waals surface area contributed by atoms with Gasteiger partial charge in [0.15, 0.2) is 5.82 Å². The SMILES string of the molecule is CN1c2ncc(CNC(=O)OC(C)(C)C)cc2N(C(=O)OC(C)(C)C)[C@@H]1O. The van der Waals surface area contributed by atoms with Crippen molar-refractivity contribution >= 4 is 23.7 Å². The molecule has 1 aromatic rings. The Morgan fingerprint density at radius 2 is 1.78 bits per heavy atom.